The highest BCUT2D eigenvalue weighted by atomic mass is 16.7. The van der Waals surface area contributed by atoms with Crippen LogP contribution in [0.15, 0.2) is 30.3 Å². The smallest absolute Gasteiger partial charge is 0.242 e. The SMILES string of the molecule is CC(C)Cc1ccc2c(c1)OC(CC(C)(C)Cc1cc3c(cc1N)OCO3)O2. The summed E-state index contributed by atoms with van der Waals surface area (Å²) in [6.45, 7) is 9.10. The summed E-state index contributed by atoms with van der Waals surface area (Å²) in [6, 6.07) is 10.1. The first-order valence-electron chi connectivity index (χ1n) is 9.93. The summed E-state index contributed by atoms with van der Waals surface area (Å²) in [6.07, 6.45) is 2.31. The van der Waals surface area contributed by atoms with Gasteiger partial charge in [0.05, 0.1) is 0 Å². The quantitative estimate of drug-likeness (QED) is 0.715. The Balaban J connectivity index is 1.42. The molecule has 150 valence electrons. The van der Waals surface area contributed by atoms with Gasteiger partial charge in [0.1, 0.15) is 0 Å². The van der Waals surface area contributed by atoms with Gasteiger partial charge in [0.15, 0.2) is 23.0 Å². The van der Waals surface area contributed by atoms with E-state index >= 15 is 0 Å². The first kappa shape index (κ1) is 18.8. The summed E-state index contributed by atoms with van der Waals surface area (Å²) in [7, 11) is 0. The third-order valence-corrected chi connectivity index (χ3v) is 5.19. The third kappa shape index (κ3) is 3.98. The Hall–Kier alpha value is -2.56. The van der Waals surface area contributed by atoms with Gasteiger partial charge in [0.2, 0.25) is 13.1 Å². The van der Waals surface area contributed by atoms with Crippen molar-refractivity contribution in [3.63, 3.8) is 0 Å². The molecule has 28 heavy (non-hydrogen) atoms. The van der Waals surface area contributed by atoms with Gasteiger partial charge in [-0.25, -0.2) is 0 Å². The molecular weight excluding hydrogens is 354 g/mol. The zero-order chi connectivity index (χ0) is 19.9. The summed E-state index contributed by atoms with van der Waals surface area (Å²) in [4.78, 5) is 0. The van der Waals surface area contributed by atoms with Crippen LogP contribution in [0.3, 0.4) is 0 Å². The largest absolute Gasteiger partial charge is 0.454 e. The van der Waals surface area contributed by atoms with E-state index in [0.717, 1.165) is 47.8 Å². The molecule has 1 unspecified atom stereocenters. The summed E-state index contributed by atoms with van der Waals surface area (Å²) in [5, 5.41) is 0. The second kappa shape index (κ2) is 7.12. The lowest BCUT2D eigenvalue weighted by atomic mass is 9.82. The predicted molar refractivity (Wildman–Crippen MR) is 109 cm³/mol. The molecule has 0 spiro atoms. The van der Waals surface area contributed by atoms with Crippen molar-refractivity contribution in [2.45, 2.75) is 53.2 Å². The van der Waals surface area contributed by atoms with E-state index < -0.39 is 0 Å². The molecule has 0 aromatic heterocycles. The van der Waals surface area contributed by atoms with Gasteiger partial charge in [-0.1, -0.05) is 33.8 Å². The maximum absolute atomic E-state index is 6.24. The van der Waals surface area contributed by atoms with Crippen LogP contribution in [0.25, 0.3) is 0 Å². The molecule has 2 aromatic carbocycles. The minimum atomic E-state index is -0.283. The molecule has 0 radical (unpaired) electrons. The highest BCUT2D eigenvalue weighted by Crippen LogP contribution is 2.42. The van der Waals surface area contributed by atoms with Crippen LogP contribution in [0.2, 0.25) is 0 Å². The van der Waals surface area contributed by atoms with Crippen LogP contribution >= 0.6 is 0 Å². The Morgan fingerprint density at radius 2 is 1.71 bits per heavy atom. The lowest BCUT2D eigenvalue weighted by Crippen LogP contribution is -2.28. The second-order valence-electron chi connectivity index (χ2n) is 8.99. The van der Waals surface area contributed by atoms with Crippen molar-refractivity contribution in [3.8, 4) is 23.0 Å². The highest BCUT2D eigenvalue weighted by Gasteiger charge is 2.32. The number of hydrogen-bond donors (Lipinski definition) is 1. The molecule has 2 aliphatic heterocycles. The predicted octanol–water partition coefficient (Wildman–Crippen LogP) is 4.95. The molecule has 1 atom stereocenters. The fourth-order valence-corrected chi connectivity index (χ4v) is 3.92. The number of nitrogens with two attached hydrogens (primary N) is 1. The van der Waals surface area contributed by atoms with Gasteiger partial charge in [0, 0.05) is 18.2 Å². The summed E-state index contributed by atoms with van der Waals surface area (Å²) >= 11 is 0. The van der Waals surface area contributed by atoms with Crippen LogP contribution in [0, 0.1) is 11.3 Å². The molecule has 0 saturated carbocycles. The molecule has 0 saturated heterocycles. The first-order chi connectivity index (χ1) is 13.3. The van der Waals surface area contributed by atoms with E-state index in [1.165, 1.54) is 5.56 Å². The second-order valence-corrected chi connectivity index (χ2v) is 8.99. The molecule has 2 heterocycles. The minimum absolute atomic E-state index is 0.0602. The van der Waals surface area contributed by atoms with Crippen LogP contribution in [-0.2, 0) is 12.8 Å². The Morgan fingerprint density at radius 3 is 2.46 bits per heavy atom. The van der Waals surface area contributed by atoms with Gasteiger partial charge in [-0.2, -0.15) is 0 Å². The monoisotopic (exact) mass is 383 g/mol. The molecule has 0 aliphatic carbocycles. The van der Waals surface area contributed by atoms with Crippen molar-refractivity contribution in [1.82, 2.24) is 0 Å². The number of ether oxygens (including phenoxy) is 4. The van der Waals surface area contributed by atoms with Gasteiger partial charge in [0.25, 0.3) is 0 Å². The normalized spacial score (nSPS) is 17.4. The number of fused-ring (bicyclic) bond motifs is 2. The molecule has 4 rings (SSSR count). The Labute approximate surface area is 166 Å². The summed E-state index contributed by atoms with van der Waals surface area (Å²) in [5.74, 6) is 3.77. The number of hydrogen-bond acceptors (Lipinski definition) is 5. The minimum Gasteiger partial charge on any atom is -0.454 e. The van der Waals surface area contributed by atoms with Crippen molar-refractivity contribution in [2.24, 2.45) is 11.3 Å². The van der Waals surface area contributed by atoms with E-state index in [-0.39, 0.29) is 18.5 Å². The topological polar surface area (TPSA) is 62.9 Å². The van der Waals surface area contributed by atoms with E-state index in [1.807, 2.05) is 18.2 Å². The van der Waals surface area contributed by atoms with E-state index in [4.69, 9.17) is 24.7 Å². The molecule has 2 N–H and O–H groups in total. The Kier molecular flexibility index (Phi) is 4.77. The lowest BCUT2D eigenvalue weighted by molar-refractivity contribution is 0.0103. The molecule has 5 nitrogen and oxygen atoms in total. The van der Waals surface area contributed by atoms with Gasteiger partial charge in [-0.05, 0) is 53.5 Å². The first-order valence-corrected chi connectivity index (χ1v) is 9.93. The highest BCUT2D eigenvalue weighted by molar-refractivity contribution is 5.59. The maximum Gasteiger partial charge on any atom is 0.242 e. The molecule has 2 aromatic rings. The average Bonchev–Trinajstić information content (AvgIpc) is 3.19. The standard InChI is InChI=1S/C23H29NO4/c1-14(2)7-15-5-6-18-21(8-15)28-22(27-18)12-23(3,4)11-16-9-19-20(10-17(16)24)26-13-25-19/h5-6,8-10,14,22H,7,11-13,24H2,1-4H3. The number of benzene rings is 2. The van der Waals surface area contributed by atoms with Crippen molar-refractivity contribution >= 4 is 5.69 Å². The van der Waals surface area contributed by atoms with E-state index in [1.54, 1.807) is 0 Å². The molecule has 2 aliphatic rings. The fourth-order valence-electron chi connectivity index (χ4n) is 3.92. The van der Waals surface area contributed by atoms with Crippen LogP contribution in [0.4, 0.5) is 5.69 Å². The van der Waals surface area contributed by atoms with Gasteiger partial charge in [-0.3, -0.25) is 0 Å². The van der Waals surface area contributed by atoms with Gasteiger partial charge in [-0.15, -0.1) is 0 Å². The molecular formula is C23H29NO4. The van der Waals surface area contributed by atoms with E-state index in [9.17, 15) is 0 Å². The zero-order valence-corrected chi connectivity index (χ0v) is 17.1. The van der Waals surface area contributed by atoms with Crippen molar-refractivity contribution < 1.29 is 18.9 Å². The van der Waals surface area contributed by atoms with E-state index in [2.05, 4.69) is 39.8 Å². The molecule has 0 bridgehead atoms. The Morgan fingerprint density at radius 1 is 1.00 bits per heavy atom. The Bertz CT molecular complexity index is 875. The average molecular weight is 383 g/mol. The van der Waals surface area contributed by atoms with Crippen LogP contribution in [0.5, 0.6) is 23.0 Å². The van der Waals surface area contributed by atoms with Crippen LogP contribution in [0.1, 0.15) is 45.2 Å². The van der Waals surface area contributed by atoms with Crippen molar-refractivity contribution in [2.75, 3.05) is 12.5 Å². The number of anilines is 1. The molecule has 0 fully saturated rings. The molecule has 0 amide bonds. The van der Waals surface area contributed by atoms with E-state index in [0.29, 0.717) is 11.7 Å². The van der Waals surface area contributed by atoms with Gasteiger partial charge >= 0.3 is 0 Å². The maximum atomic E-state index is 6.24. The molecule has 5 heteroatoms. The number of rotatable bonds is 6. The van der Waals surface area contributed by atoms with Crippen molar-refractivity contribution in [3.05, 3.63) is 41.5 Å². The van der Waals surface area contributed by atoms with Crippen LogP contribution in [-0.4, -0.2) is 13.1 Å². The fraction of sp³-hybridized carbons (Fsp3) is 0.478. The van der Waals surface area contributed by atoms with Gasteiger partial charge < -0.3 is 24.7 Å². The lowest BCUT2D eigenvalue weighted by Gasteiger charge is -2.27. The van der Waals surface area contributed by atoms with Crippen LogP contribution < -0.4 is 24.7 Å². The number of nitrogen functional groups attached to an aromatic ring is 1. The summed E-state index contributed by atoms with van der Waals surface area (Å²) < 4.78 is 23.1. The summed E-state index contributed by atoms with van der Waals surface area (Å²) in [5.41, 5.74) is 9.25. The third-order valence-electron chi connectivity index (χ3n) is 5.19. The zero-order valence-electron chi connectivity index (χ0n) is 17.1. The van der Waals surface area contributed by atoms with Crippen molar-refractivity contribution in [1.29, 1.82) is 0 Å².